The molecule has 176 valence electrons. The Morgan fingerprint density at radius 2 is 1.74 bits per heavy atom. The molecule has 2 amide bonds. The van der Waals surface area contributed by atoms with Gasteiger partial charge in [0.2, 0.25) is 10.0 Å². The van der Waals surface area contributed by atoms with E-state index in [1.165, 1.54) is 17.9 Å². The highest BCUT2D eigenvalue weighted by molar-refractivity contribution is 7.92. The molecule has 34 heavy (non-hydrogen) atoms. The van der Waals surface area contributed by atoms with Crippen LogP contribution in [0, 0.1) is 0 Å². The van der Waals surface area contributed by atoms with E-state index >= 15 is 0 Å². The van der Waals surface area contributed by atoms with E-state index in [4.69, 9.17) is 4.74 Å². The lowest BCUT2D eigenvalue weighted by Crippen LogP contribution is -2.50. The molecule has 3 aromatic rings. The van der Waals surface area contributed by atoms with Crippen molar-refractivity contribution in [2.75, 3.05) is 21.9 Å². The van der Waals surface area contributed by atoms with E-state index in [2.05, 4.69) is 10.0 Å². The summed E-state index contributed by atoms with van der Waals surface area (Å²) in [6.45, 7) is 1.89. The number of nitrogens with zero attached hydrogens (tertiary/aromatic N) is 1. The highest BCUT2D eigenvalue weighted by Crippen LogP contribution is 2.34. The van der Waals surface area contributed by atoms with Gasteiger partial charge < -0.3 is 15.0 Å². The van der Waals surface area contributed by atoms with Gasteiger partial charge in [-0.15, -0.1) is 0 Å². The summed E-state index contributed by atoms with van der Waals surface area (Å²) in [5, 5.41) is 2.86. The summed E-state index contributed by atoms with van der Waals surface area (Å²) in [7, 11) is -3.49. The number of ether oxygens (including phenoxy) is 1. The van der Waals surface area contributed by atoms with Crippen LogP contribution in [0.5, 0.6) is 5.75 Å². The zero-order chi connectivity index (χ0) is 24.1. The van der Waals surface area contributed by atoms with Crippen LogP contribution in [0.1, 0.15) is 22.8 Å². The molecule has 8 nitrogen and oxygen atoms in total. The Hall–Kier alpha value is -3.85. The maximum Gasteiger partial charge on any atom is 0.263 e. The lowest BCUT2D eigenvalue weighted by atomic mass is 10.1. The molecule has 1 heterocycles. The van der Waals surface area contributed by atoms with Gasteiger partial charge in [-0.1, -0.05) is 48.5 Å². The fourth-order valence-corrected chi connectivity index (χ4v) is 4.22. The van der Waals surface area contributed by atoms with Crippen LogP contribution in [0.2, 0.25) is 0 Å². The van der Waals surface area contributed by atoms with Gasteiger partial charge in [0.25, 0.3) is 11.8 Å². The third-order valence-electron chi connectivity index (χ3n) is 5.38. The van der Waals surface area contributed by atoms with Crippen LogP contribution in [0.3, 0.4) is 0 Å². The molecule has 1 aliphatic rings. The Morgan fingerprint density at radius 3 is 2.50 bits per heavy atom. The van der Waals surface area contributed by atoms with Crippen molar-refractivity contribution >= 4 is 33.2 Å². The number of fused-ring (bicyclic) bond motifs is 1. The highest BCUT2D eigenvalue weighted by atomic mass is 32.2. The van der Waals surface area contributed by atoms with Gasteiger partial charge in [0, 0.05) is 17.8 Å². The van der Waals surface area contributed by atoms with Crippen molar-refractivity contribution in [2.45, 2.75) is 19.6 Å². The number of rotatable bonds is 7. The van der Waals surface area contributed by atoms with E-state index < -0.39 is 16.1 Å². The Kier molecular flexibility index (Phi) is 6.83. The van der Waals surface area contributed by atoms with Gasteiger partial charge >= 0.3 is 0 Å². The van der Waals surface area contributed by atoms with Gasteiger partial charge in [-0.25, -0.2) is 8.42 Å². The molecule has 0 spiro atoms. The van der Waals surface area contributed by atoms with Crippen LogP contribution in [0.4, 0.5) is 11.4 Å². The Labute approximate surface area is 198 Å². The molecule has 3 aromatic carbocycles. The van der Waals surface area contributed by atoms with E-state index in [9.17, 15) is 18.0 Å². The lowest BCUT2D eigenvalue weighted by molar-refractivity contribution is -0.128. The molecule has 0 saturated heterocycles. The number of anilines is 2. The first kappa shape index (κ1) is 23.3. The van der Waals surface area contributed by atoms with Gasteiger partial charge in [0.05, 0.1) is 18.0 Å². The highest BCUT2D eigenvalue weighted by Gasteiger charge is 2.34. The molecule has 0 radical (unpaired) electrons. The molecule has 0 bridgehead atoms. The second-order valence-electron chi connectivity index (χ2n) is 7.78. The van der Waals surface area contributed by atoms with Crippen LogP contribution < -0.4 is 19.7 Å². The van der Waals surface area contributed by atoms with E-state index in [0.717, 1.165) is 5.56 Å². The summed E-state index contributed by atoms with van der Waals surface area (Å²) in [5.41, 5.74) is 2.08. The molecule has 0 aromatic heterocycles. The number of hydrogen-bond donors (Lipinski definition) is 2. The summed E-state index contributed by atoms with van der Waals surface area (Å²) >= 11 is 0. The number of carbonyl (C=O) groups is 2. The van der Waals surface area contributed by atoms with E-state index in [1.54, 1.807) is 42.5 Å². The summed E-state index contributed by atoms with van der Waals surface area (Å²) in [6.07, 6.45) is -0.899. The lowest BCUT2D eigenvalue weighted by Gasteiger charge is -2.34. The fraction of sp³-hybridized carbons (Fsp3) is 0.200. The van der Waals surface area contributed by atoms with Crippen molar-refractivity contribution in [1.29, 1.82) is 0 Å². The zero-order valence-electron chi connectivity index (χ0n) is 18.6. The standard InChI is InChI=1S/C25H25N3O5S/c1-2-34(31,32)27-20-12-8-11-19(15-20)25(30)28-17-23(33-22-14-7-6-13-21(22)28)24(29)26-16-18-9-4-3-5-10-18/h3-15,23,27H,2,16-17H2,1H3,(H,26,29)/t23-/m0/s1. The van der Waals surface area contributed by atoms with E-state index in [-0.39, 0.29) is 29.7 Å². The van der Waals surface area contributed by atoms with Gasteiger partial charge in [0.1, 0.15) is 5.75 Å². The maximum absolute atomic E-state index is 13.5. The van der Waals surface area contributed by atoms with E-state index in [1.807, 2.05) is 30.3 Å². The number of hydrogen-bond acceptors (Lipinski definition) is 5. The van der Waals surface area contributed by atoms with Crippen LogP contribution in [-0.2, 0) is 21.4 Å². The maximum atomic E-state index is 13.5. The summed E-state index contributed by atoms with van der Waals surface area (Å²) in [5.74, 6) is -0.360. The molecule has 9 heteroatoms. The molecule has 1 atom stereocenters. The third-order valence-corrected chi connectivity index (χ3v) is 6.69. The van der Waals surface area contributed by atoms with Crippen molar-refractivity contribution < 1.29 is 22.7 Å². The minimum absolute atomic E-state index is 0.0153. The van der Waals surface area contributed by atoms with Crippen LogP contribution in [-0.4, -0.2) is 38.6 Å². The van der Waals surface area contributed by atoms with Crippen LogP contribution in [0.25, 0.3) is 0 Å². The van der Waals surface area contributed by atoms with Gasteiger partial charge in [0.15, 0.2) is 6.10 Å². The quantitative estimate of drug-likeness (QED) is 0.542. The molecular formula is C25H25N3O5S. The second kappa shape index (κ2) is 9.96. The molecule has 0 fully saturated rings. The molecule has 0 aliphatic carbocycles. The average Bonchev–Trinajstić information content (AvgIpc) is 2.86. The second-order valence-corrected chi connectivity index (χ2v) is 9.79. The fourth-order valence-electron chi connectivity index (χ4n) is 3.59. The molecule has 0 saturated carbocycles. The minimum atomic E-state index is -3.49. The van der Waals surface area contributed by atoms with Gasteiger partial charge in [-0.2, -0.15) is 0 Å². The number of amides is 2. The van der Waals surface area contributed by atoms with Crippen LogP contribution in [0.15, 0.2) is 78.9 Å². The normalized spacial score (nSPS) is 15.1. The van der Waals surface area contributed by atoms with Crippen molar-refractivity contribution in [1.82, 2.24) is 5.32 Å². The van der Waals surface area contributed by atoms with Crippen molar-refractivity contribution in [2.24, 2.45) is 0 Å². The number of benzene rings is 3. The first-order valence-electron chi connectivity index (χ1n) is 10.9. The first-order chi connectivity index (χ1) is 16.4. The Balaban J connectivity index is 1.56. The summed E-state index contributed by atoms with van der Waals surface area (Å²) in [6, 6.07) is 22.8. The number of carbonyl (C=O) groups excluding carboxylic acids is 2. The number of sulfonamides is 1. The summed E-state index contributed by atoms with van der Waals surface area (Å²) < 4.78 is 32.2. The van der Waals surface area contributed by atoms with Crippen LogP contribution >= 0.6 is 0 Å². The number of nitrogens with one attached hydrogen (secondary N) is 2. The smallest absolute Gasteiger partial charge is 0.263 e. The SMILES string of the molecule is CCS(=O)(=O)Nc1cccc(C(=O)N2C[C@@H](C(=O)NCc3ccccc3)Oc3ccccc32)c1. The number of para-hydroxylation sites is 2. The van der Waals surface area contributed by atoms with Crippen molar-refractivity contribution in [3.05, 3.63) is 90.0 Å². The third kappa shape index (κ3) is 5.37. The van der Waals surface area contributed by atoms with E-state index in [0.29, 0.717) is 23.7 Å². The largest absolute Gasteiger partial charge is 0.477 e. The van der Waals surface area contributed by atoms with Crippen molar-refractivity contribution in [3.63, 3.8) is 0 Å². The minimum Gasteiger partial charge on any atom is -0.477 e. The molecule has 1 aliphatic heterocycles. The average molecular weight is 480 g/mol. The van der Waals surface area contributed by atoms with Gasteiger partial charge in [-0.05, 0) is 42.8 Å². The predicted molar refractivity (Wildman–Crippen MR) is 130 cm³/mol. The monoisotopic (exact) mass is 479 g/mol. The van der Waals surface area contributed by atoms with Crippen molar-refractivity contribution in [3.8, 4) is 5.75 Å². The Bertz CT molecular complexity index is 1290. The first-order valence-corrected chi connectivity index (χ1v) is 12.5. The molecule has 4 rings (SSSR count). The topological polar surface area (TPSA) is 105 Å². The summed E-state index contributed by atoms with van der Waals surface area (Å²) in [4.78, 5) is 27.8. The van der Waals surface area contributed by atoms with Gasteiger partial charge in [-0.3, -0.25) is 14.3 Å². The zero-order valence-corrected chi connectivity index (χ0v) is 19.4. The molecule has 2 N–H and O–H groups in total. The molecule has 0 unspecified atom stereocenters. The Morgan fingerprint density at radius 1 is 1.00 bits per heavy atom. The molecular weight excluding hydrogens is 454 g/mol. The predicted octanol–water partition coefficient (Wildman–Crippen LogP) is 3.17.